The first-order valence-corrected chi connectivity index (χ1v) is 10.3. The highest BCUT2D eigenvalue weighted by Crippen LogP contribution is 2.30. The van der Waals surface area contributed by atoms with E-state index in [-0.39, 0.29) is 23.8 Å². The van der Waals surface area contributed by atoms with Crippen LogP contribution in [0, 0.1) is 0 Å². The Morgan fingerprint density at radius 3 is 2.50 bits per heavy atom. The van der Waals surface area contributed by atoms with Crippen LogP contribution in [0.3, 0.4) is 0 Å². The number of hydrogen-bond donors (Lipinski definition) is 1. The molecule has 10 heteroatoms. The molecule has 2 heterocycles. The van der Waals surface area contributed by atoms with Crippen molar-refractivity contribution in [3.05, 3.63) is 42.1 Å². The normalized spacial score (nSPS) is 14.8. The van der Waals surface area contributed by atoms with Crippen molar-refractivity contribution < 1.29 is 27.4 Å². The molecule has 1 saturated heterocycles. The SMILES string of the molecule is COc1cc(CCC(=O)Nc2ccc(N3CCN(C)CC3)nc2)ccc1OCC(F)(F)F. The number of carbonyl (C=O) groups is 1. The molecule has 0 atom stereocenters. The highest BCUT2D eigenvalue weighted by Gasteiger charge is 2.29. The van der Waals surface area contributed by atoms with Crippen LogP contribution in [0.5, 0.6) is 11.5 Å². The topological polar surface area (TPSA) is 66.9 Å². The van der Waals surface area contributed by atoms with E-state index in [0.29, 0.717) is 12.1 Å². The number of benzene rings is 1. The minimum atomic E-state index is -4.43. The number of ether oxygens (including phenoxy) is 2. The zero-order valence-electron chi connectivity index (χ0n) is 18.1. The highest BCUT2D eigenvalue weighted by atomic mass is 19.4. The van der Waals surface area contributed by atoms with Gasteiger partial charge in [-0.3, -0.25) is 4.79 Å². The van der Waals surface area contributed by atoms with Crippen LogP contribution in [0.4, 0.5) is 24.7 Å². The van der Waals surface area contributed by atoms with Crippen LogP contribution in [-0.2, 0) is 11.2 Å². The lowest BCUT2D eigenvalue weighted by Crippen LogP contribution is -2.44. The molecule has 1 N–H and O–H groups in total. The van der Waals surface area contributed by atoms with E-state index in [2.05, 4.69) is 27.1 Å². The Balaban J connectivity index is 1.50. The number of alkyl halides is 3. The molecule has 7 nitrogen and oxygen atoms in total. The molecule has 0 bridgehead atoms. The van der Waals surface area contributed by atoms with Crippen LogP contribution in [0.25, 0.3) is 0 Å². The molecule has 0 radical (unpaired) electrons. The van der Waals surface area contributed by atoms with Gasteiger partial charge in [0.05, 0.1) is 19.0 Å². The quantitative estimate of drug-likeness (QED) is 0.663. The smallest absolute Gasteiger partial charge is 0.422 e. The average Bonchev–Trinajstić information content (AvgIpc) is 2.77. The average molecular weight is 452 g/mol. The van der Waals surface area contributed by atoms with E-state index in [4.69, 9.17) is 9.47 Å². The fourth-order valence-corrected chi connectivity index (χ4v) is 3.31. The number of rotatable bonds is 8. The molecular formula is C22H27F3N4O3. The standard InChI is InChI=1S/C22H27F3N4O3/c1-28-9-11-29(12-10-28)20-7-5-17(14-26-20)27-21(30)8-4-16-3-6-18(19(13-16)31-2)32-15-22(23,24)25/h3,5-7,13-14H,4,8-12,15H2,1-2H3,(H,27,30). The predicted molar refractivity (Wildman–Crippen MR) is 115 cm³/mol. The summed E-state index contributed by atoms with van der Waals surface area (Å²) in [5.74, 6) is 0.895. The van der Waals surface area contributed by atoms with E-state index in [1.54, 1.807) is 18.3 Å². The summed E-state index contributed by atoms with van der Waals surface area (Å²) in [7, 11) is 3.45. The highest BCUT2D eigenvalue weighted by molar-refractivity contribution is 5.90. The van der Waals surface area contributed by atoms with Crippen LogP contribution >= 0.6 is 0 Å². The molecule has 1 aromatic carbocycles. The second-order valence-corrected chi connectivity index (χ2v) is 7.63. The number of anilines is 2. The maximum absolute atomic E-state index is 12.4. The van der Waals surface area contributed by atoms with Crippen molar-refractivity contribution >= 4 is 17.4 Å². The number of nitrogens with zero attached hydrogens (tertiary/aromatic N) is 3. The number of hydrogen-bond acceptors (Lipinski definition) is 6. The van der Waals surface area contributed by atoms with E-state index >= 15 is 0 Å². The molecule has 3 rings (SSSR count). The summed E-state index contributed by atoms with van der Waals surface area (Å²) in [6.07, 6.45) is -2.19. The van der Waals surface area contributed by atoms with E-state index in [1.165, 1.54) is 13.2 Å². The van der Waals surface area contributed by atoms with Gasteiger partial charge in [0.2, 0.25) is 5.91 Å². The van der Waals surface area contributed by atoms with Crippen molar-refractivity contribution in [1.82, 2.24) is 9.88 Å². The number of pyridine rings is 1. The van der Waals surface area contributed by atoms with Crippen LogP contribution in [0.15, 0.2) is 36.5 Å². The minimum absolute atomic E-state index is 0.00420. The first-order chi connectivity index (χ1) is 15.2. The van der Waals surface area contributed by atoms with E-state index in [9.17, 15) is 18.0 Å². The van der Waals surface area contributed by atoms with Crippen molar-refractivity contribution in [1.29, 1.82) is 0 Å². The molecule has 0 saturated carbocycles. The first kappa shape index (κ1) is 23.6. The summed E-state index contributed by atoms with van der Waals surface area (Å²) in [6.45, 7) is 2.41. The first-order valence-electron chi connectivity index (χ1n) is 10.3. The Morgan fingerprint density at radius 2 is 1.88 bits per heavy atom. The lowest BCUT2D eigenvalue weighted by atomic mass is 10.1. The maximum atomic E-state index is 12.4. The van der Waals surface area contributed by atoms with Crippen LogP contribution in [0.2, 0.25) is 0 Å². The van der Waals surface area contributed by atoms with Crippen molar-refractivity contribution in [2.24, 2.45) is 0 Å². The summed E-state index contributed by atoms with van der Waals surface area (Å²) in [6, 6.07) is 8.33. The van der Waals surface area contributed by atoms with Gasteiger partial charge in [-0.05, 0) is 43.3 Å². The Morgan fingerprint density at radius 1 is 1.12 bits per heavy atom. The van der Waals surface area contributed by atoms with Crippen molar-refractivity contribution in [3.8, 4) is 11.5 Å². The Labute approximate surface area is 185 Å². The van der Waals surface area contributed by atoms with Crippen LogP contribution in [0.1, 0.15) is 12.0 Å². The van der Waals surface area contributed by atoms with Gasteiger partial charge in [-0.1, -0.05) is 6.07 Å². The lowest BCUT2D eigenvalue weighted by molar-refractivity contribution is -0.153. The monoisotopic (exact) mass is 452 g/mol. The van der Waals surface area contributed by atoms with Crippen LogP contribution in [-0.4, -0.2) is 68.9 Å². The fourth-order valence-electron chi connectivity index (χ4n) is 3.31. The summed E-state index contributed by atoms with van der Waals surface area (Å²) in [5, 5.41) is 2.82. The van der Waals surface area contributed by atoms with Gasteiger partial charge < -0.3 is 24.6 Å². The maximum Gasteiger partial charge on any atom is 0.422 e. The van der Waals surface area contributed by atoms with Gasteiger partial charge >= 0.3 is 6.18 Å². The van der Waals surface area contributed by atoms with E-state index in [0.717, 1.165) is 37.6 Å². The summed E-state index contributed by atoms with van der Waals surface area (Å²) < 4.78 is 47.0. The molecule has 1 aliphatic rings. The molecule has 0 aliphatic carbocycles. The van der Waals surface area contributed by atoms with Gasteiger partial charge in [-0.2, -0.15) is 13.2 Å². The molecule has 0 spiro atoms. The van der Waals surface area contributed by atoms with Crippen molar-refractivity contribution in [2.45, 2.75) is 19.0 Å². The number of nitrogens with one attached hydrogen (secondary N) is 1. The number of aryl methyl sites for hydroxylation is 1. The third-order valence-electron chi connectivity index (χ3n) is 5.12. The second kappa shape index (κ2) is 10.5. The van der Waals surface area contributed by atoms with Crippen molar-refractivity contribution in [2.75, 3.05) is 57.2 Å². The van der Waals surface area contributed by atoms with Gasteiger partial charge in [0.25, 0.3) is 0 Å². The zero-order valence-corrected chi connectivity index (χ0v) is 18.1. The zero-order chi connectivity index (χ0) is 23.1. The number of halogens is 3. The molecule has 1 amide bonds. The van der Waals surface area contributed by atoms with E-state index < -0.39 is 12.8 Å². The van der Waals surface area contributed by atoms with Gasteiger partial charge in [0, 0.05) is 32.6 Å². The number of piperazine rings is 1. The lowest BCUT2D eigenvalue weighted by Gasteiger charge is -2.33. The number of carbonyl (C=O) groups excluding carboxylic acids is 1. The van der Waals surface area contributed by atoms with Gasteiger partial charge in [0.15, 0.2) is 18.1 Å². The molecular weight excluding hydrogens is 425 g/mol. The number of methoxy groups -OCH3 is 1. The molecule has 1 aromatic heterocycles. The fraction of sp³-hybridized carbons (Fsp3) is 0.455. The molecule has 0 unspecified atom stereocenters. The number of likely N-dealkylation sites (N-methyl/N-ethyl adjacent to an activating group) is 1. The predicted octanol–water partition coefficient (Wildman–Crippen LogP) is 3.35. The molecule has 174 valence electrons. The summed E-state index contributed by atoms with van der Waals surface area (Å²) in [5.41, 5.74) is 1.36. The van der Waals surface area contributed by atoms with Crippen LogP contribution < -0.4 is 19.7 Å². The third-order valence-corrected chi connectivity index (χ3v) is 5.12. The third kappa shape index (κ3) is 7.01. The largest absolute Gasteiger partial charge is 0.493 e. The Kier molecular flexibility index (Phi) is 7.79. The number of amides is 1. The van der Waals surface area contributed by atoms with Gasteiger partial charge in [-0.25, -0.2) is 4.98 Å². The molecule has 2 aromatic rings. The Hall–Kier alpha value is -3.01. The van der Waals surface area contributed by atoms with E-state index in [1.807, 2.05) is 12.1 Å². The number of aromatic nitrogens is 1. The van der Waals surface area contributed by atoms with Gasteiger partial charge in [0.1, 0.15) is 5.82 Å². The summed E-state index contributed by atoms with van der Waals surface area (Å²) >= 11 is 0. The minimum Gasteiger partial charge on any atom is -0.493 e. The molecule has 1 aliphatic heterocycles. The summed E-state index contributed by atoms with van der Waals surface area (Å²) in [4.78, 5) is 21.2. The second-order valence-electron chi connectivity index (χ2n) is 7.63. The molecule has 1 fully saturated rings. The molecule has 32 heavy (non-hydrogen) atoms. The van der Waals surface area contributed by atoms with Gasteiger partial charge in [-0.15, -0.1) is 0 Å². The Bertz CT molecular complexity index is 898. The van der Waals surface area contributed by atoms with Crippen molar-refractivity contribution in [3.63, 3.8) is 0 Å².